The Morgan fingerprint density at radius 1 is 1.78 bits per heavy atom. The predicted molar refractivity (Wildman–Crippen MR) is 31.4 cm³/mol. The number of aliphatic hydroxyl groups is 1. The molecule has 52 valence electrons. The van der Waals surface area contributed by atoms with Crippen LogP contribution in [0.5, 0.6) is 0 Å². The van der Waals surface area contributed by atoms with E-state index in [0.29, 0.717) is 0 Å². The first-order valence-electron chi connectivity index (χ1n) is 2.79. The topological polar surface area (TPSA) is 38.7 Å². The van der Waals surface area contributed by atoms with Crippen LogP contribution in [0.3, 0.4) is 0 Å². The predicted octanol–water partition coefficient (Wildman–Crippen LogP) is 0.601. The molecule has 1 aliphatic heterocycles. The molecule has 1 rings (SSSR count). The summed E-state index contributed by atoms with van der Waals surface area (Å²) in [4.78, 5) is 0. The van der Waals surface area contributed by atoms with E-state index in [1.165, 1.54) is 6.92 Å². The van der Waals surface area contributed by atoms with Crippen molar-refractivity contribution < 1.29 is 14.6 Å². The summed E-state index contributed by atoms with van der Waals surface area (Å²) in [7, 11) is 0. The fraction of sp³-hybridized carbons (Fsp3) is 0.667. The standard InChI is InChI=1S/C6H10O3/c1-4-6(3,7)9-5(2)8-4/h4,7H,2H2,1,3H3. The third kappa shape index (κ3) is 1.00. The third-order valence-electron chi connectivity index (χ3n) is 1.38. The van der Waals surface area contributed by atoms with E-state index in [1.54, 1.807) is 6.92 Å². The Morgan fingerprint density at radius 2 is 2.33 bits per heavy atom. The Bertz CT molecular complexity index is 139. The Morgan fingerprint density at radius 3 is 2.44 bits per heavy atom. The molecule has 3 nitrogen and oxygen atoms in total. The quantitative estimate of drug-likeness (QED) is 0.522. The molecule has 0 saturated carbocycles. The van der Waals surface area contributed by atoms with Gasteiger partial charge in [-0.15, -0.1) is 0 Å². The second kappa shape index (κ2) is 1.64. The molecule has 1 aliphatic rings. The average Bonchev–Trinajstić information content (AvgIpc) is 1.79. The zero-order valence-electron chi connectivity index (χ0n) is 5.55. The molecule has 1 heterocycles. The van der Waals surface area contributed by atoms with Crippen molar-refractivity contribution in [2.45, 2.75) is 25.7 Å². The molecule has 0 amide bonds. The first-order valence-corrected chi connectivity index (χ1v) is 2.79. The normalized spacial score (nSPS) is 42.1. The smallest absolute Gasteiger partial charge is 0.274 e. The molecule has 2 unspecified atom stereocenters. The van der Waals surface area contributed by atoms with Crippen molar-refractivity contribution in [3.63, 3.8) is 0 Å². The van der Waals surface area contributed by atoms with E-state index in [0.717, 1.165) is 0 Å². The van der Waals surface area contributed by atoms with Crippen molar-refractivity contribution >= 4 is 0 Å². The molecule has 0 aromatic rings. The van der Waals surface area contributed by atoms with Gasteiger partial charge in [-0.25, -0.2) is 0 Å². The van der Waals surface area contributed by atoms with Gasteiger partial charge in [0.1, 0.15) is 0 Å². The van der Waals surface area contributed by atoms with Crippen LogP contribution in [0.1, 0.15) is 13.8 Å². The van der Waals surface area contributed by atoms with Crippen molar-refractivity contribution in [3.05, 3.63) is 12.5 Å². The Kier molecular flexibility index (Phi) is 1.17. The van der Waals surface area contributed by atoms with E-state index in [9.17, 15) is 5.11 Å². The second-order valence-corrected chi connectivity index (χ2v) is 2.29. The molecular weight excluding hydrogens is 120 g/mol. The minimum Gasteiger partial charge on any atom is -0.456 e. The van der Waals surface area contributed by atoms with Gasteiger partial charge in [0.2, 0.25) is 5.79 Å². The van der Waals surface area contributed by atoms with Gasteiger partial charge < -0.3 is 14.6 Å². The van der Waals surface area contributed by atoms with Crippen LogP contribution in [-0.4, -0.2) is 17.0 Å². The highest BCUT2D eigenvalue weighted by Gasteiger charge is 2.39. The lowest BCUT2D eigenvalue weighted by Gasteiger charge is -2.16. The molecule has 0 aliphatic carbocycles. The first-order chi connectivity index (χ1) is 4.02. The first kappa shape index (κ1) is 6.42. The van der Waals surface area contributed by atoms with Gasteiger partial charge in [0.25, 0.3) is 5.95 Å². The lowest BCUT2D eigenvalue weighted by Crippen LogP contribution is -2.33. The highest BCUT2D eigenvalue weighted by molar-refractivity contribution is 4.87. The van der Waals surface area contributed by atoms with Gasteiger partial charge in [-0.1, -0.05) is 0 Å². The molecule has 3 heteroatoms. The van der Waals surface area contributed by atoms with Crippen molar-refractivity contribution in [1.82, 2.24) is 0 Å². The molecular formula is C6H10O3. The molecule has 0 bridgehead atoms. The monoisotopic (exact) mass is 130 g/mol. The van der Waals surface area contributed by atoms with E-state index in [2.05, 4.69) is 6.58 Å². The molecule has 1 saturated heterocycles. The summed E-state index contributed by atoms with van der Waals surface area (Å²) < 4.78 is 9.71. The maximum atomic E-state index is 9.23. The van der Waals surface area contributed by atoms with Crippen LogP contribution in [0.25, 0.3) is 0 Å². The molecule has 2 atom stereocenters. The molecule has 0 aromatic carbocycles. The van der Waals surface area contributed by atoms with Gasteiger partial charge in [-0.3, -0.25) is 0 Å². The van der Waals surface area contributed by atoms with Crippen LogP contribution in [0, 0.1) is 0 Å². The zero-order valence-corrected chi connectivity index (χ0v) is 5.55. The van der Waals surface area contributed by atoms with Crippen molar-refractivity contribution in [3.8, 4) is 0 Å². The summed E-state index contributed by atoms with van der Waals surface area (Å²) in [5.41, 5.74) is 0. The summed E-state index contributed by atoms with van der Waals surface area (Å²) in [6, 6.07) is 0. The Labute approximate surface area is 53.9 Å². The molecule has 0 spiro atoms. The summed E-state index contributed by atoms with van der Waals surface area (Å²) in [5, 5.41) is 9.23. The highest BCUT2D eigenvalue weighted by Crippen LogP contribution is 2.27. The Hall–Kier alpha value is -0.700. The summed E-state index contributed by atoms with van der Waals surface area (Å²) >= 11 is 0. The SMILES string of the molecule is C=C1OC(C)C(C)(O)O1. The van der Waals surface area contributed by atoms with Crippen LogP contribution < -0.4 is 0 Å². The van der Waals surface area contributed by atoms with Crippen LogP contribution in [0.15, 0.2) is 12.5 Å². The number of rotatable bonds is 0. The van der Waals surface area contributed by atoms with Crippen LogP contribution >= 0.6 is 0 Å². The fourth-order valence-electron chi connectivity index (χ4n) is 0.644. The lowest BCUT2D eigenvalue weighted by atomic mass is 10.2. The van der Waals surface area contributed by atoms with Gasteiger partial charge >= 0.3 is 0 Å². The molecule has 0 aromatic heterocycles. The van der Waals surface area contributed by atoms with Gasteiger partial charge in [-0.2, -0.15) is 0 Å². The van der Waals surface area contributed by atoms with E-state index in [1.807, 2.05) is 0 Å². The van der Waals surface area contributed by atoms with E-state index >= 15 is 0 Å². The minimum atomic E-state index is -1.20. The van der Waals surface area contributed by atoms with Gasteiger partial charge in [0, 0.05) is 6.92 Å². The zero-order chi connectivity index (χ0) is 7.07. The second-order valence-electron chi connectivity index (χ2n) is 2.29. The van der Waals surface area contributed by atoms with Crippen LogP contribution in [0.2, 0.25) is 0 Å². The molecule has 0 radical (unpaired) electrons. The fourth-order valence-corrected chi connectivity index (χ4v) is 0.644. The number of ether oxygens (including phenoxy) is 2. The van der Waals surface area contributed by atoms with Crippen LogP contribution in [-0.2, 0) is 9.47 Å². The summed E-state index contributed by atoms with van der Waals surface area (Å²) in [6.45, 7) is 6.65. The average molecular weight is 130 g/mol. The van der Waals surface area contributed by atoms with E-state index in [4.69, 9.17) is 9.47 Å². The number of hydrogen-bond acceptors (Lipinski definition) is 3. The Balaban J connectivity index is 2.69. The lowest BCUT2D eigenvalue weighted by molar-refractivity contribution is -0.147. The third-order valence-corrected chi connectivity index (χ3v) is 1.38. The molecule has 1 N–H and O–H groups in total. The molecule has 9 heavy (non-hydrogen) atoms. The van der Waals surface area contributed by atoms with Crippen molar-refractivity contribution in [2.24, 2.45) is 0 Å². The highest BCUT2D eigenvalue weighted by atomic mass is 16.8. The van der Waals surface area contributed by atoms with Crippen LogP contribution in [0.4, 0.5) is 0 Å². The summed E-state index contributed by atoms with van der Waals surface area (Å²) in [6.07, 6.45) is -0.329. The van der Waals surface area contributed by atoms with Gasteiger partial charge in [-0.05, 0) is 13.5 Å². The van der Waals surface area contributed by atoms with Gasteiger partial charge in [0.15, 0.2) is 6.10 Å². The van der Waals surface area contributed by atoms with Crippen molar-refractivity contribution in [2.75, 3.05) is 0 Å². The summed E-state index contributed by atoms with van der Waals surface area (Å²) in [5.74, 6) is -1.01. The molecule has 1 fully saturated rings. The van der Waals surface area contributed by atoms with Crippen molar-refractivity contribution in [1.29, 1.82) is 0 Å². The van der Waals surface area contributed by atoms with E-state index in [-0.39, 0.29) is 12.0 Å². The van der Waals surface area contributed by atoms with Gasteiger partial charge in [0.05, 0.1) is 0 Å². The largest absolute Gasteiger partial charge is 0.456 e. The van der Waals surface area contributed by atoms with E-state index < -0.39 is 5.79 Å². The maximum absolute atomic E-state index is 9.23. The maximum Gasteiger partial charge on any atom is 0.274 e. The number of hydrogen-bond donors (Lipinski definition) is 1. The minimum absolute atomic E-state index is 0.188.